The molecule has 0 aliphatic rings. The monoisotopic (exact) mass is 448 g/mol. The van der Waals surface area contributed by atoms with Gasteiger partial charge < -0.3 is 0 Å². The van der Waals surface area contributed by atoms with E-state index in [0.717, 1.165) is 32.1 Å². The second-order valence-corrected chi connectivity index (χ2v) is 7.88. The fourth-order valence-electron chi connectivity index (χ4n) is 2.93. The molecule has 3 heterocycles. The molecule has 0 amide bonds. The predicted molar refractivity (Wildman–Crippen MR) is 112 cm³/mol. The van der Waals surface area contributed by atoms with Gasteiger partial charge in [-0.2, -0.15) is 4.68 Å². The second kappa shape index (κ2) is 7.21. The SMILES string of the molecule is Brc1ccc(-c2nc3ccccn3c2Sc2nnnn2-c2ccccc2)cc1. The summed E-state index contributed by atoms with van der Waals surface area (Å²) < 4.78 is 4.83. The maximum atomic E-state index is 4.84. The van der Waals surface area contributed by atoms with Crippen LogP contribution in [0.5, 0.6) is 0 Å². The molecule has 136 valence electrons. The Bertz CT molecular complexity index is 1250. The number of benzene rings is 2. The minimum absolute atomic E-state index is 0.676. The standard InChI is InChI=1S/C20H13BrN6S/c21-15-11-9-14(10-12-15)18-19(26-13-5-4-8-17(26)22-18)28-20-23-24-25-27(20)16-6-2-1-3-7-16/h1-13H. The molecule has 0 aliphatic carbocycles. The summed E-state index contributed by atoms with van der Waals surface area (Å²) in [6.07, 6.45) is 2.00. The lowest BCUT2D eigenvalue weighted by atomic mass is 10.2. The number of imidazole rings is 1. The van der Waals surface area contributed by atoms with Crippen molar-refractivity contribution in [2.45, 2.75) is 10.2 Å². The number of pyridine rings is 1. The summed E-state index contributed by atoms with van der Waals surface area (Å²) in [5, 5.41) is 13.9. The van der Waals surface area contributed by atoms with Crippen LogP contribution in [0.2, 0.25) is 0 Å². The molecule has 0 atom stereocenters. The number of fused-ring (bicyclic) bond motifs is 1. The maximum absolute atomic E-state index is 4.84. The molecule has 0 saturated heterocycles. The van der Waals surface area contributed by atoms with Crippen molar-refractivity contribution in [3.8, 4) is 16.9 Å². The van der Waals surface area contributed by atoms with Crippen LogP contribution >= 0.6 is 27.7 Å². The molecule has 0 unspecified atom stereocenters. The molecule has 5 aromatic rings. The Balaban J connectivity index is 1.65. The van der Waals surface area contributed by atoms with E-state index in [0.29, 0.717) is 5.16 Å². The normalized spacial score (nSPS) is 11.2. The quantitative estimate of drug-likeness (QED) is 0.391. The minimum Gasteiger partial charge on any atom is -0.294 e. The Labute approximate surface area is 173 Å². The zero-order chi connectivity index (χ0) is 18.9. The number of hydrogen-bond acceptors (Lipinski definition) is 5. The highest BCUT2D eigenvalue weighted by Gasteiger charge is 2.19. The maximum Gasteiger partial charge on any atom is 0.220 e. The molecule has 2 aromatic carbocycles. The lowest BCUT2D eigenvalue weighted by molar-refractivity contribution is 0.755. The van der Waals surface area contributed by atoms with Crippen molar-refractivity contribution in [3.05, 3.63) is 83.5 Å². The minimum atomic E-state index is 0.676. The van der Waals surface area contributed by atoms with Gasteiger partial charge in [0.15, 0.2) is 0 Å². The number of hydrogen-bond donors (Lipinski definition) is 0. The molecule has 8 heteroatoms. The summed E-state index contributed by atoms with van der Waals surface area (Å²) in [5.41, 5.74) is 3.72. The van der Waals surface area contributed by atoms with E-state index >= 15 is 0 Å². The molecule has 6 nitrogen and oxygen atoms in total. The van der Waals surface area contributed by atoms with E-state index in [-0.39, 0.29) is 0 Å². The number of aromatic nitrogens is 6. The average molecular weight is 449 g/mol. The molecule has 0 bridgehead atoms. The second-order valence-electron chi connectivity index (χ2n) is 6.01. The fraction of sp³-hybridized carbons (Fsp3) is 0. The first kappa shape index (κ1) is 17.2. The van der Waals surface area contributed by atoms with Gasteiger partial charge in [0, 0.05) is 16.2 Å². The number of halogens is 1. The number of nitrogens with zero attached hydrogens (tertiary/aromatic N) is 6. The van der Waals surface area contributed by atoms with Gasteiger partial charge in [-0.05, 0) is 58.6 Å². The fourth-order valence-corrected chi connectivity index (χ4v) is 4.18. The van der Waals surface area contributed by atoms with E-state index < -0.39 is 0 Å². The highest BCUT2D eigenvalue weighted by Crippen LogP contribution is 2.36. The Hall–Kier alpha value is -2.97. The molecule has 0 saturated carbocycles. The molecular weight excluding hydrogens is 436 g/mol. The Kier molecular flexibility index (Phi) is 4.42. The predicted octanol–water partition coefficient (Wildman–Crippen LogP) is 4.89. The van der Waals surface area contributed by atoms with E-state index in [1.807, 2.05) is 66.9 Å². The highest BCUT2D eigenvalue weighted by atomic mass is 79.9. The van der Waals surface area contributed by atoms with Crippen LogP contribution < -0.4 is 0 Å². The Morgan fingerprint density at radius 2 is 1.64 bits per heavy atom. The summed E-state index contributed by atoms with van der Waals surface area (Å²) >= 11 is 4.99. The average Bonchev–Trinajstić information content (AvgIpc) is 3.35. The topological polar surface area (TPSA) is 60.9 Å². The molecule has 0 aliphatic heterocycles. The molecule has 0 radical (unpaired) electrons. The van der Waals surface area contributed by atoms with E-state index in [9.17, 15) is 0 Å². The van der Waals surface area contributed by atoms with Gasteiger partial charge in [-0.15, -0.1) is 5.10 Å². The summed E-state index contributed by atoms with van der Waals surface area (Å²) in [6, 6.07) is 24.0. The highest BCUT2D eigenvalue weighted by molar-refractivity contribution is 9.10. The third-order valence-electron chi connectivity index (χ3n) is 4.23. The zero-order valence-electron chi connectivity index (χ0n) is 14.5. The zero-order valence-corrected chi connectivity index (χ0v) is 16.9. The van der Waals surface area contributed by atoms with Crippen LogP contribution in [-0.2, 0) is 0 Å². The first-order chi connectivity index (χ1) is 13.8. The number of tetrazole rings is 1. The smallest absolute Gasteiger partial charge is 0.220 e. The van der Waals surface area contributed by atoms with Crippen molar-refractivity contribution in [3.63, 3.8) is 0 Å². The number of para-hydroxylation sites is 1. The van der Waals surface area contributed by atoms with Crippen LogP contribution in [0.1, 0.15) is 0 Å². The van der Waals surface area contributed by atoms with Crippen molar-refractivity contribution in [2.24, 2.45) is 0 Å². The lowest BCUT2D eigenvalue weighted by Crippen LogP contribution is -1.99. The third kappa shape index (κ3) is 3.10. The van der Waals surface area contributed by atoms with Gasteiger partial charge >= 0.3 is 0 Å². The van der Waals surface area contributed by atoms with Gasteiger partial charge in [0.25, 0.3) is 0 Å². The third-order valence-corrected chi connectivity index (χ3v) is 5.78. The van der Waals surface area contributed by atoms with Gasteiger partial charge in [-0.3, -0.25) is 4.40 Å². The van der Waals surface area contributed by atoms with Crippen molar-refractivity contribution in [1.29, 1.82) is 0 Å². The number of rotatable bonds is 4. The molecular formula is C20H13BrN6S. The molecule has 5 rings (SSSR count). The van der Waals surface area contributed by atoms with Crippen molar-refractivity contribution in [1.82, 2.24) is 29.6 Å². The van der Waals surface area contributed by atoms with Gasteiger partial charge in [-0.1, -0.05) is 52.3 Å². The van der Waals surface area contributed by atoms with E-state index in [1.54, 1.807) is 4.68 Å². The molecule has 3 aromatic heterocycles. The van der Waals surface area contributed by atoms with Crippen molar-refractivity contribution < 1.29 is 0 Å². The van der Waals surface area contributed by atoms with Crippen molar-refractivity contribution in [2.75, 3.05) is 0 Å². The van der Waals surface area contributed by atoms with Gasteiger partial charge in [-0.25, -0.2) is 4.98 Å². The first-order valence-electron chi connectivity index (χ1n) is 8.54. The van der Waals surface area contributed by atoms with Gasteiger partial charge in [0.1, 0.15) is 16.4 Å². The van der Waals surface area contributed by atoms with Crippen LogP contribution in [0.4, 0.5) is 0 Å². The van der Waals surface area contributed by atoms with Gasteiger partial charge in [0.2, 0.25) is 5.16 Å². The van der Waals surface area contributed by atoms with Crippen LogP contribution in [0.15, 0.2) is 93.6 Å². The van der Waals surface area contributed by atoms with Crippen LogP contribution in [0, 0.1) is 0 Å². The van der Waals surface area contributed by atoms with E-state index in [4.69, 9.17) is 4.98 Å². The van der Waals surface area contributed by atoms with E-state index in [2.05, 4.69) is 48.0 Å². The first-order valence-corrected chi connectivity index (χ1v) is 10.2. The molecule has 0 N–H and O–H groups in total. The Morgan fingerprint density at radius 3 is 2.46 bits per heavy atom. The largest absolute Gasteiger partial charge is 0.294 e. The van der Waals surface area contributed by atoms with Gasteiger partial charge in [0.05, 0.1) is 5.69 Å². The van der Waals surface area contributed by atoms with Crippen molar-refractivity contribution >= 4 is 33.3 Å². The summed E-state index contributed by atoms with van der Waals surface area (Å²) in [7, 11) is 0. The van der Waals surface area contributed by atoms with E-state index in [1.165, 1.54) is 11.8 Å². The molecule has 0 fully saturated rings. The van der Waals surface area contributed by atoms with Crippen LogP contribution in [-0.4, -0.2) is 29.6 Å². The molecule has 0 spiro atoms. The summed E-state index contributed by atoms with van der Waals surface area (Å²) in [5.74, 6) is 0. The Morgan fingerprint density at radius 1 is 0.857 bits per heavy atom. The lowest BCUT2D eigenvalue weighted by Gasteiger charge is -2.06. The van der Waals surface area contributed by atoms with Crippen LogP contribution in [0.25, 0.3) is 22.6 Å². The summed E-state index contributed by atoms with van der Waals surface area (Å²) in [4.78, 5) is 4.84. The van der Waals surface area contributed by atoms with Crippen LogP contribution in [0.3, 0.4) is 0 Å². The molecule has 28 heavy (non-hydrogen) atoms. The summed E-state index contributed by atoms with van der Waals surface area (Å²) in [6.45, 7) is 0.